The van der Waals surface area contributed by atoms with Gasteiger partial charge in [-0.15, -0.1) is 0 Å². The Balaban J connectivity index is 1.76. The molecule has 0 unspecified atom stereocenters. The van der Waals surface area contributed by atoms with Crippen LogP contribution in [0.1, 0.15) is 25.2 Å². The van der Waals surface area contributed by atoms with Gasteiger partial charge in [-0.2, -0.15) is 5.10 Å². The standard InChI is InChI=1S/C14H20N4O/c1-11(2)19-13-5-3-4-12(8-13)9-15-7-6-14-16-10-17-18-14/h3-5,8,10-11,15H,6-7,9H2,1-2H3,(H,16,17,18). The SMILES string of the molecule is CC(C)Oc1cccc(CNCCc2ncn[nH]2)c1. The predicted octanol–water partition coefficient (Wildman–Crippen LogP) is 1.92. The Hall–Kier alpha value is -1.88. The van der Waals surface area contributed by atoms with E-state index in [4.69, 9.17) is 4.74 Å². The minimum Gasteiger partial charge on any atom is -0.491 e. The molecule has 2 rings (SSSR count). The molecule has 0 fully saturated rings. The molecule has 0 saturated carbocycles. The van der Waals surface area contributed by atoms with E-state index in [2.05, 4.69) is 32.6 Å². The van der Waals surface area contributed by atoms with Gasteiger partial charge in [0.05, 0.1) is 6.10 Å². The molecule has 1 aromatic heterocycles. The van der Waals surface area contributed by atoms with Crippen molar-refractivity contribution in [2.45, 2.75) is 32.9 Å². The van der Waals surface area contributed by atoms with Gasteiger partial charge in [-0.3, -0.25) is 5.10 Å². The molecular weight excluding hydrogens is 240 g/mol. The number of nitrogens with zero attached hydrogens (tertiary/aromatic N) is 2. The van der Waals surface area contributed by atoms with Crippen LogP contribution in [0.25, 0.3) is 0 Å². The first-order valence-electron chi connectivity index (χ1n) is 6.54. The van der Waals surface area contributed by atoms with Gasteiger partial charge in [0.15, 0.2) is 0 Å². The summed E-state index contributed by atoms with van der Waals surface area (Å²) in [5, 5.41) is 10.0. The van der Waals surface area contributed by atoms with Crippen molar-refractivity contribution in [3.05, 3.63) is 42.0 Å². The summed E-state index contributed by atoms with van der Waals surface area (Å²) in [5.74, 6) is 1.83. The lowest BCUT2D eigenvalue weighted by Crippen LogP contribution is -2.17. The van der Waals surface area contributed by atoms with Gasteiger partial charge in [-0.05, 0) is 31.5 Å². The summed E-state index contributed by atoms with van der Waals surface area (Å²) >= 11 is 0. The highest BCUT2D eigenvalue weighted by Gasteiger charge is 2.00. The number of aromatic nitrogens is 3. The molecule has 0 aliphatic carbocycles. The molecule has 5 nitrogen and oxygen atoms in total. The van der Waals surface area contributed by atoms with Crippen LogP contribution in [0.4, 0.5) is 0 Å². The summed E-state index contributed by atoms with van der Waals surface area (Å²) in [5.41, 5.74) is 1.22. The maximum absolute atomic E-state index is 5.67. The predicted molar refractivity (Wildman–Crippen MR) is 74.0 cm³/mol. The Kier molecular flexibility index (Phi) is 4.92. The molecule has 0 aliphatic rings. The van der Waals surface area contributed by atoms with Crippen LogP contribution in [0, 0.1) is 0 Å². The van der Waals surface area contributed by atoms with Crippen molar-refractivity contribution in [2.75, 3.05) is 6.54 Å². The zero-order valence-electron chi connectivity index (χ0n) is 11.4. The van der Waals surface area contributed by atoms with E-state index in [-0.39, 0.29) is 6.10 Å². The van der Waals surface area contributed by atoms with E-state index in [0.717, 1.165) is 31.1 Å². The fraction of sp³-hybridized carbons (Fsp3) is 0.429. The Bertz CT molecular complexity index is 482. The smallest absolute Gasteiger partial charge is 0.137 e. The fourth-order valence-electron chi connectivity index (χ4n) is 1.79. The van der Waals surface area contributed by atoms with Gasteiger partial charge in [0, 0.05) is 19.5 Å². The number of nitrogens with one attached hydrogen (secondary N) is 2. The average Bonchev–Trinajstić information content (AvgIpc) is 2.87. The third-order valence-corrected chi connectivity index (χ3v) is 2.60. The maximum atomic E-state index is 5.67. The normalized spacial score (nSPS) is 10.9. The second kappa shape index (κ2) is 6.89. The largest absolute Gasteiger partial charge is 0.491 e. The number of hydrogen-bond donors (Lipinski definition) is 2. The Labute approximate surface area is 113 Å². The summed E-state index contributed by atoms with van der Waals surface area (Å²) in [6, 6.07) is 8.17. The van der Waals surface area contributed by atoms with Crippen LogP contribution in [-0.4, -0.2) is 27.8 Å². The van der Waals surface area contributed by atoms with Gasteiger partial charge in [0.2, 0.25) is 0 Å². The second-order valence-corrected chi connectivity index (χ2v) is 4.67. The van der Waals surface area contributed by atoms with Gasteiger partial charge >= 0.3 is 0 Å². The van der Waals surface area contributed by atoms with E-state index in [1.807, 2.05) is 26.0 Å². The molecule has 0 radical (unpaired) electrons. The molecule has 0 amide bonds. The van der Waals surface area contributed by atoms with Crippen molar-refractivity contribution >= 4 is 0 Å². The lowest BCUT2D eigenvalue weighted by molar-refractivity contribution is 0.242. The first-order chi connectivity index (χ1) is 9.24. The monoisotopic (exact) mass is 260 g/mol. The van der Waals surface area contributed by atoms with Gasteiger partial charge in [-0.1, -0.05) is 12.1 Å². The molecule has 2 aromatic rings. The minimum absolute atomic E-state index is 0.203. The van der Waals surface area contributed by atoms with Crippen LogP contribution in [-0.2, 0) is 13.0 Å². The van der Waals surface area contributed by atoms with Gasteiger partial charge in [0.25, 0.3) is 0 Å². The van der Waals surface area contributed by atoms with Crippen LogP contribution in [0.2, 0.25) is 0 Å². The second-order valence-electron chi connectivity index (χ2n) is 4.67. The molecule has 19 heavy (non-hydrogen) atoms. The highest BCUT2D eigenvalue weighted by atomic mass is 16.5. The zero-order valence-corrected chi connectivity index (χ0v) is 11.4. The fourth-order valence-corrected chi connectivity index (χ4v) is 1.79. The Morgan fingerprint density at radius 3 is 3.00 bits per heavy atom. The molecular formula is C14H20N4O. The highest BCUT2D eigenvalue weighted by Crippen LogP contribution is 2.14. The van der Waals surface area contributed by atoms with Gasteiger partial charge in [0.1, 0.15) is 17.9 Å². The van der Waals surface area contributed by atoms with Crippen molar-refractivity contribution in [3.63, 3.8) is 0 Å². The van der Waals surface area contributed by atoms with Crippen LogP contribution < -0.4 is 10.1 Å². The zero-order chi connectivity index (χ0) is 13.5. The summed E-state index contributed by atoms with van der Waals surface area (Å²) in [4.78, 5) is 4.08. The van der Waals surface area contributed by atoms with Crippen LogP contribution in [0.15, 0.2) is 30.6 Å². The van der Waals surface area contributed by atoms with Gasteiger partial charge in [-0.25, -0.2) is 4.98 Å². The lowest BCUT2D eigenvalue weighted by atomic mass is 10.2. The van der Waals surface area contributed by atoms with E-state index < -0.39 is 0 Å². The van der Waals surface area contributed by atoms with Crippen molar-refractivity contribution in [1.29, 1.82) is 0 Å². The Morgan fingerprint density at radius 1 is 1.37 bits per heavy atom. The molecule has 1 aromatic carbocycles. The van der Waals surface area contributed by atoms with E-state index in [1.165, 1.54) is 11.9 Å². The van der Waals surface area contributed by atoms with Crippen molar-refractivity contribution < 1.29 is 4.74 Å². The van der Waals surface area contributed by atoms with Crippen LogP contribution in [0.3, 0.4) is 0 Å². The lowest BCUT2D eigenvalue weighted by Gasteiger charge is -2.11. The quantitative estimate of drug-likeness (QED) is 0.747. The topological polar surface area (TPSA) is 62.8 Å². The van der Waals surface area contributed by atoms with E-state index >= 15 is 0 Å². The number of aromatic amines is 1. The number of benzene rings is 1. The summed E-state index contributed by atoms with van der Waals surface area (Å²) < 4.78 is 5.67. The number of H-pyrrole nitrogens is 1. The molecule has 1 heterocycles. The Morgan fingerprint density at radius 2 is 2.26 bits per heavy atom. The summed E-state index contributed by atoms with van der Waals surface area (Å²) in [6.07, 6.45) is 2.58. The third-order valence-electron chi connectivity index (χ3n) is 2.60. The molecule has 0 spiro atoms. The highest BCUT2D eigenvalue weighted by molar-refractivity contribution is 5.28. The first-order valence-corrected chi connectivity index (χ1v) is 6.54. The number of rotatable bonds is 7. The van der Waals surface area contributed by atoms with Crippen LogP contribution >= 0.6 is 0 Å². The van der Waals surface area contributed by atoms with Crippen molar-refractivity contribution in [2.24, 2.45) is 0 Å². The molecule has 2 N–H and O–H groups in total. The van der Waals surface area contributed by atoms with E-state index in [1.54, 1.807) is 0 Å². The third kappa shape index (κ3) is 4.71. The molecule has 0 aliphatic heterocycles. The molecule has 0 atom stereocenters. The number of ether oxygens (including phenoxy) is 1. The van der Waals surface area contributed by atoms with Gasteiger partial charge < -0.3 is 10.1 Å². The van der Waals surface area contributed by atoms with E-state index in [0.29, 0.717) is 0 Å². The van der Waals surface area contributed by atoms with Crippen LogP contribution in [0.5, 0.6) is 5.75 Å². The molecule has 0 saturated heterocycles. The molecule has 5 heteroatoms. The first kappa shape index (κ1) is 13.5. The molecule has 102 valence electrons. The van der Waals surface area contributed by atoms with E-state index in [9.17, 15) is 0 Å². The summed E-state index contributed by atoms with van der Waals surface area (Å²) in [7, 11) is 0. The number of hydrogen-bond acceptors (Lipinski definition) is 4. The average molecular weight is 260 g/mol. The summed E-state index contributed by atoms with van der Waals surface area (Å²) in [6.45, 7) is 5.75. The van der Waals surface area contributed by atoms with Crippen molar-refractivity contribution in [3.8, 4) is 5.75 Å². The maximum Gasteiger partial charge on any atom is 0.137 e. The molecule has 0 bridgehead atoms. The van der Waals surface area contributed by atoms with Crippen molar-refractivity contribution in [1.82, 2.24) is 20.5 Å². The minimum atomic E-state index is 0.203.